The number of nitrogens with one attached hydrogen (secondary N) is 1. The van der Waals surface area contributed by atoms with E-state index >= 15 is 0 Å². The summed E-state index contributed by atoms with van der Waals surface area (Å²) in [6.07, 6.45) is 2.97. The number of carbonyl (C=O) groups is 1. The van der Waals surface area contributed by atoms with Crippen molar-refractivity contribution >= 4 is 16.9 Å². The number of carbonyl (C=O) groups excluding carboxylic acids is 1. The van der Waals surface area contributed by atoms with Crippen molar-refractivity contribution in [3.8, 4) is 5.75 Å². The lowest BCUT2D eigenvalue weighted by molar-refractivity contribution is -0.144. The Morgan fingerprint density at radius 1 is 1.18 bits per heavy atom. The molecular weight excluding hydrogens is 418 g/mol. The van der Waals surface area contributed by atoms with Crippen LogP contribution in [0.15, 0.2) is 60.8 Å². The average molecular weight is 450 g/mol. The first kappa shape index (κ1) is 23.2. The van der Waals surface area contributed by atoms with Crippen LogP contribution in [0.1, 0.15) is 30.1 Å². The molecule has 4 rings (SSSR count). The fraction of sp³-hybridized carbons (Fsp3) is 0.385. The fourth-order valence-electron chi connectivity index (χ4n) is 4.24. The number of pyridine rings is 1. The van der Waals surface area contributed by atoms with E-state index in [4.69, 9.17) is 9.47 Å². The molecule has 0 amide bonds. The van der Waals surface area contributed by atoms with E-state index in [1.807, 2.05) is 54.6 Å². The van der Waals surface area contributed by atoms with Crippen molar-refractivity contribution in [1.29, 1.82) is 0 Å². The van der Waals surface area contributed by atoms with Crippen LogP contribution in [0.4, 0.5) is 0 Å². The normalized spacial score (nSPS) is 15.9. The average Bonchev–Trinajstić information content (AvgIpc) is 2.87. The highest BCUT2D eigenvalue weighted by Gasteiger charge is 2.23. The van der Waals surface area contributed by atoms with E-state index in [1.165, 1.54) is 0 Å². The van der Waals surface area contributed by atoms with E-state index in [1.54, 1.807) is 13.3 Å². The van der Waals surface area contributed by atoms with Crippen LogP contribution >= 0.6 is 0 Å². The van der Waals surface area contributed by atoms with Crippen molar-refractivity contribution in [3.63, 3.8) is 0 Å². The van der Waals surface area contributed by atoms with Crippen molar-refractivity contribution in [1.82, 2.24) is 15.2 Å². The number of hydrogen-bond donors (Lipinski definition) is 2. The first-order chi connectivity index (χ1) is 16.1. The number of fused-ring (bicyclic) bond motifs is 1. The molecule has 2 aromatic carbocycles. The quantitative estimate of drug-likeness (QED) is 0.486. The largest absolute Gasteiger partial charge is 0.497 e. The molecule has 0 bridgehead atoms. The van der Waals surface area contributed by atoms with Crippen LogP contribution in [0.25, 0.3) is 10.9 Å². The van der Waals surface area contributed by atoms with Crippen LogP contribution in [0.3, 0.4) is 0 Å². The molecule has 1 fully saturated rings. The standard InChI is InChI=1S/C26H31N3O4/c1-32-21-7-8-24-23(15-21)22(9-12-27-24)25(30)17-29-13-10-20(11-14-29)28-16-26(31)33-18-19-5-3-2-4-6-19/h2-9,12,15,20,25,28,30H,10-11,13-14,16-18H2,1H3. The minimum Gasteiger partial charge on any atom is -0.497 e. The monoisotopic (exact) mass is 449 g/mol. The number of esters is 1. The van der Waals surface area contributed by atoms with Crippen LogP contribution < -0.4 is 10.1 Å². The molecule has 0 saturated carbocycles. The summed E-state index contributed by atoms with van der Waals surface area (Å²) < 4.78 is 10.7. The fourth-order valence-corrected chi connectivity index (χ4v) is 4.24. The van der Waals surface area contributed by atoms with Gasteiger partial charge in [0.1, 0.15) is 12.4 Å². The molecule has 2 heterocycles. The molecule has 33 heavy (non-hydrogen) atoms. The SMILES string of the molecule is COc1ccc2nccc(C(O)CN3CCC(NCC(=O)OCc4ccccc4)CC3)c2c1. The summed E-state index contributed by atoms with van der Waals surface area (Å²) in [4.78, 5) is 18.7. The van der Waals surface area contributed by atoms with E-state index in [9.17, 15) is 9.90 Å². The van der Waals surface area contributed by atoms with E-state index < -0.39 is 6.10 Å². The molecule has 1 aliphatic heterocycles. The van der Waals surface area contributed by atoms with Crippen molar-refractivity contribution in [2.45, 2.75) is 31.6 Å². The highest BCUT2D eigenvalue weighted by atomic mass is 16.5. The van der Waals surface area contributed by atoms with Crippen molar-refractivity contribution in [3.05, 3.63) is 71.9 Å². The minimum atomic E-state index is -0.611. The molecule has 0 radical (unpaired) electrons. The zero-order chi connectivity index (χ0) is 23.0. The Morgan fingerprint density at radius 3 is 2.73 bits per heavy atom. The second-order valence-corrected chi connectivity index (χ2v) is 8.40. The van der Waals surface area contributed by atoms with Crippen molar-refractivity contribution in [2.24, 2.45) is 0 Å². The molecular formula is C26H31N3O4. The van der Waals surface area contributed by atoms with Gasteiger partial charge < -0.3 is 24.8 Å². The van der Waals surface area contributed by atoms with Gasteiger partial charge in [-0.1, -0.05) is 30.3 Å². The highest BCUT2D eigenvalue weighted by molar-refractivity contribution is 5.83. The molecule has 1 aromatic heterocycles. The first-order valence-electron chi connectivity index (χ1n) is 11.4. The van der Waals surface area contributed by atoms with Gasteiger partial charge >= 0.3 is 5.97 Å². The number of aromatic nitrogens is 1. The lowest BCUT2D eigenvalue weighted by Gasteiger charge is -2.33. The topological polar surface area (TPSA) is 83.9 Å². The maximum absolute atomic E-state index is 12.0. The number of methoxy groups -OCH3 is 1. The molecule has 3 aromatic rings. The summed E-state index contributed by atoms with van der Waals surface area (Å²) in [6, 6.07) is 17.5. The Bertz CT molecular complexity index is 1050. The van der Waals surface area contributed by atoms with Crippen LogP contribution in [-0.2, 0) is 16.1 Å². The number of nitrogens with zero attached hydrogens (tertiary/aromatic N) is 2. The molecule has 1 unspecified atom stereocenters. The van der Waals surface area contributed by atoms with E-state index in [2.05, 4.69) is 15.2 Å². The predicted molar refractivity (Wildman–Crippen MR) is 127 cm³/mol. The summed E-state index contributed by atoms with van der Waals surface area (Å²) in [5, 5.41) is 15.2. The number of rotatable bonds is 9. The molecule has 1 atom stereocenters. The Morgan fingerprint density at radius 2 is 1.97 bits per heavy atom. The van der Waals surface area contributed by atoms with Gasteiger partial charge in [-0.05, 0) is 61.3 Å². The van der Waals surface area contributed by atoms with Crippen molar-refractivity contribution < 1.29 is 19.4 Å². The van der Waals surface area contributed by atoms with Gasteiger partial charge in [-0.2, -0.15) is 0 Å². The lowest BCUT2D eigenvalue weighted by Crippen LogP contribution is -2.45. The van der Waals surface area contributed by atoms with Gasteiger partial charge in [0.2, 0.25) is 0 Å². The maximum atomic E-state index is 12.0. The third kappa shape index (κ3) is 6.28. The van der Waals surface area contributed by atoms with Crippen LogP contribution in [0.5, 0.6) is 5.75 Å². The Kier molecular flexibility index (Phi) is 7.88. The molecule has 0 spiro atoms. The summed E-state index contributed by atoms with van der Waals surface area (Å²) in [7, 11) is 1.63. The van der Waals surface area contributed by atoms with Gasteiger partial charge in [-0.15, -0.1) is 0 Å². The summed E-state index contributed by atoms with van der Waals surface area (Å²) >= 11 is 0. The van der Waals surface area contributed by atoms with Gasteiger partial charge in [0.25, 0.3) is 0 Å². The number of benzene rings is 2. The Labute approximate surface area is 194 Å². The number of aliphatic hydroxyl groups excluding tert-OH is 1. The molecule has 0 aliphatic carbocycles. The molecule has 174 valence electrons. The maximum Gasteiger partial charge on any atom is 0.320 e. The van der Waals surface area contributed by atoms with Crippen LogP contribution in [0.2, 0.25) is 0 Å². The number of hydrogen-bond acceptors (Lipinski definition) is 7. The Balaban J connectivity index is 1.22. The van der Waals surface area contributed by atoms with Gasteiger partial charge in [0, 0.05) is 24.2 Å². The number of piperidine rings is 1. The number of aliphatic hydroxyl groups is 1. The van der Waals surface area contributed by atoms with Crippen LogP contribution in [0, 0.1) is 0 Å². The second kappa shape index (κ2) is 11.2. The zero-order valence-corrected chi connectivity index (χ0v) is 18.9. The van der Waals surface area contributed by atoms with E-state index in [-0.39, 0.29) is 18.6 Å². The smallest absolute Gasteiger partial charge is 0.320 e. The minimum absolute atomic E-state index is 0.213. The van der Waals surface area contributed by atoms with Gasteiger partial charge in [0.15, 0.2) is 0 Å². The first-order valence-corrected chi connectivity index (χ1v) is 11.4. The van der Waals surface area contributed by atoms with Gasteiger partial charge in [-0.25, -0.2) is 0 Å². The third-order valence-corrected chi connectivity index (χ3v) is 6.14. The molecule has 1 aliphatic rings. The van der Waals surface area contributed by atoms with E-state index in [0.29, 0.717) is 13.2 Å². The second-order valence-electron chi connectivity index (χ2n) is 8.40. The lowest BCUT2D eigenvalue weighted by atomic mass is 10.0. The third-order valence-electron chi connectivity index (χ3n) is 6.14. The molecule has 7 heteroatoms. The summed E-state index contributed by atoms with van der Waals surface area (Å²) in [5.41, 5.74) is 2.69. The molecule has 1 saturated heterocycles. The van der Waals surface area contributed by atoms with Crippen molar-refractivity contribution in [2.75, 3.05) is 33.3 Å². The van der Waals surface area contributed by atoms with E-state index in [0.717, 1.165) is 53.7 Å². The summed E-state index contributed by atoms with van der Waals surface area (Å²) in [6.45, 7) is 2.79. The number of β-amino-alcohol motifs (C(OH)–C–C–N with tert-alkyl or cyclic N) is 1. The molecule has 7 nitrogen and oxygen atoms in total. The van der Waals surface area contributed by atoms with Crippen LogP contribution in [-0.4, -0.2) is 60.3 Å². The highest BCUT2D eigenvalue weighted by Crippen LogP contribution is 2.27. The summed E-state index contributed by atoms with van der Waals surface area (Å²) in [5.74, 6) is 0.509. The number of likely N-dealkylation sites (tertiary alicyclic amines) is 1. The number of ether oxygens (including phenoxy) is 2. The predicted octanol–water partition coefficient (Wildman–Crippen LogP) is 3.07. The zero-order valence-electron chi connectivity index (χ0n) is 18.9. The Hall–Kier alpha value is -3.00. The molecule has 2 N–H and O–H groups in total. The van der Waals surface area contributed by atoms with Gasteiger partial charge in [-0.3, -0.25) is 9.78 Å². The van der Waals surface area contributed by atoms with Gasteiger partial charge in [0.05, 0.1) is 25.3 Å².